The van der Waals surface area contributed by atoms with Gasteiger partial charge in [0.15, 0.2) is 0 Å². The highest BCUT2D eigenvalue weighted by Crippen LogP contribution is 2.41. The summed E-state index contributed by atoms with van der Waals surface area (Å²) >= 11 is 0. The van der Waals surface area contributed by atoms with Crippen molar-refractivity contribution in [3.8, 4) is 6.07 Å². The van der Waals surface area contributed by atoms with Crippen molar-refractivity contribution in [3.63, 3.8) is 0 Å². The number of nitrogens with zero attached hydrogens (tertiary/aromatic N) is 1. The number of hydrogen-bond donors (Lipinski definition) is 1. The zero-order valence-corrected chi connectivity index (χ0v) is 11.3. The summed E-state index contributed by atoms with van der Waals surface area (Å²) in [5.74, 6) is 0.486. The number of ether oxygens (including phenoxy) is 2. The van der Waals surface area contributed by atoms with Crippen LogP contribution >= 0.6 is 0 Å². The molecule has 2 rings (SSSR count). The Kier molecular flexibility index (Phi) is 4.99. The van der Waals surface area contributed by atoms with Crippen LogP contribution in [0.4, 0.5) is 0 Å². The first-order chi connectivity index (χ1) is 8.80. The minimum absolute atomic E-state index is 0.439. The summed E-state index contributed by atoms with van der Waals surface area (Å²) in [6.45, 7) is 4.59. The topological polar surface area (TPSA) is 54.3 Å². The summed E-state index contributed by atoms with van der Waals surface area (Å²) in [5.41, 5.74) is -0.439. The fraction of sp³-hybridized carbons (Fsp3) is 0.929. The monoisotopic (exact) mass is 252 g/mol. The van der Waals surface area contributed by atoms with E-state index in [1.807, 2.05) is 0 Å². The first-order valence-electron chi connectivity index (χ1n) is 7.15. The molecule has 0 heterocycles. The van der Waals surface area contributed by atoms with E-state index in [1.165, 1.54) is 12.8 Å². The van der Waals surface area contributed by atoms with Crippen molar-refractivity contribution < 1.29 is 9.47 Å². The van der Waals surface area contributed by atoms with Gasteiger partial charge < -0.3 is 9.47 Å². The van der Waals surface area contributed by atoms with Crippen LogP contribution in [0.3, 0.4) is 0 Å². The predicted octanol–water partition coefficient (Wildman–Crippen LogP) is 1.85. The molecule has 4 nitrogen and oxygen atoms in total. The Labute approximate surface area is 110 Å². The lowest BCUT2D eigenvalue weighted by Gasteiger charge is -2.28. The second kappa shape index (κ2) is 6.51. The van der Waals surface area contributed by atoms with Crippen LogP contribution in [0.2, 0.25) is 0 Å². The minimum atomic E-state index is -0.439. The summed E-state index contributed by atoms with van der Waals surface area (Å²) in [5, 5.41) is 13.0. The number of nitrogens with one attached hydrogen (secondary N) is 1. The average molecular weight is 252 g/mol. The standard InChI is InChI=1S/C14H24N2O2/c1-2-7-17-8-9-18-11-14(10-15,12-3-4-12)16-13-5-6-13/h12-13,16H,2-9,11H2,1H3. The third-order valence-electron chi connectivity index (χ3n) is 3.56. The Morgan fingerprint density at radius 3 is 2.44 bits per heavy atom. The van der Waals surface area contributed by atoms with Crippen LogP contribution in [0.15, 0.2) is 0 Å². The quantitative estimate of drug-likeness (QED) is 0.603. The Hall–Kier alpha value is -0.630. The fourth-order valence-corrected chi connectivity index (χ4v) is 2.20. The van der Waals surface area contributed by atoms with Gasteiger partial charge in [-0.3, -0.25) is 5.32 Å². The Balaban J connectivity index is 1.69. The van der Waals surface area contributed by atoms with Gasteiger partial charge in [0.2, 0.25) is 0 Å². The smallest absolute Gasteiger partial charge is 0.133 e. The molecule has 0 bridgehead atoms. The van der Waals surface area contributed by atoms with E-state index in [4.69, 9.17) is 9.47 Å². The molecular formula is C14H24N2O2. The molecule has 0 saturated heterocycles. The molecule has 2 fully saturated rings. The summed E-state index contributed by atoms with van der Waals surface area (Å²) in [6.07, 6.45) is 5.75. The van der Waals surface area contributed by atoms with E-state index >= 15 is 0 Å². The SMILES string of the molecule is CCCOCCOCC(C#N)(NC1CC1)C1CC1. The molecule has 2 saturated carbocycles. The molecule has 2 aliphatic carbocycles. The lowest BCUT2D eigenvalue weighted by atomic mass is 9.96. The van der Waals surface area contributed by atoms with Gasteiger partial charge in [0.1, 0.15) is 5.54 Å². The molecule has 1 atom stereocenters. The molecule has 1 N–H and O–H groups in total. The van der Waals surface area contributed by atoms with Crippen molar-refractivity contribution in [1.82, 2.24) is 5.32 Å². The van der Waals surface area contributed by atoms with Crippen LogP contribution in [-0.2, 0) is 9.47 Å². The van der Waals surface area contributed by atoms with E-state index < -0.39 is 5.54 Å². The van der Waals surface area contributed by atoms with Gasteiger partial charge in [-0.05, 0) is 38.0 Å². The number of hydrogen-bond acceptors (Lipinski definition) is 4. The van der Waals surface area contributed by atoms with Crippen molar-refractivity contribution in [1.29, 1.82) is 5.26 Å². The largest absolute Gasteiger partial charge is 0.379 e. The predicted molar refractivity (Wildman–Crippen MR) is 69.2 cm³/mol. The van der Waals surface area contributed by atoms with E-state index in [0.717, 1.165) is 25.9 Å². The highest BCUT2D eigenvalue weighted by atomic mass is 16.5. The summed E-state index contributed by atoms with van der Waals surface area (Å²) < 4.78 is 11.0. The van der Waals surface area contributed by atoms with Gasteiger partial charge in [-0.1, -0.05) is 6.92 Å². The summed E-state index contributed by atoms with van der Waals surface area (Å²) in [6, 6.07) is 3.02. The van der Waals surface area contributed by atoms with Gasteiger partial charge in [-0.15, -0.1) is 0 Å². The maximum Gasteiger partial charge on any atom is 0.133 e. The van der Waals surface area contributed by atoms with Crippen molar-refractivity contribution in [2.24, 2.45) is 5.92 Å². The van der Waals surface area contributed by atoms with Gasteiger partial charge in [0, 0.05) is 12.6 Å². The highest BCUT2D eigenvalue weighted by molar-refractivity contribution is 5.17. The van der Waals surface area contributed by atoms with Gasteiger partial charge in [-0.2, -0.15) is 5.26 Å². The van der Waals surface area contributed by atoms with Gasteiger partial charge in [0.25, 0.3) is 0 Å². The normalized spacial score (nSPS) is 22.4. The van der Waals surface area contributed by atoms with E-state index in [1.54, 1.807) is 0 Å². The van der Waals surface area contributed by atoms with Crippen LogP contribution in [0.5, 0.6) is 0 Å². The molecule has 18 heavy (non-hydrogen) atoms. The molecule has 0 radical (unpaired) electrons. The first-order valence-corrected chi connectivity index (χ1v) is 7.15. The molecule has 102 valence electrons. The van der Waals surface area contributed by atoms with Gasteiger partial charge >= 0.3 is 0 Å². The highest BCUT2D eigenvalue weighted by Gasteiger charge is 2.48. The van der Waals surface area contributed by atoms with Crippen LogP contribution in [-0.4, -0.2) is 38.0 Å². The second-order valence-corrected chi connectivity index (χ2v) is 5.44. The summed E-state index contributed by atoms with van der Waals surface area (Å²) in [4.78, 5) is 0. The minimum Gasteiger partial charge on any atom is -0.379 e. The van der Waals surface area contributed by atoms with E-state index in [-0.39, 0.29) is 0 Å². The third-order valence-corrected chi connectivity index (χ3v) is 3.56. The summed E-state index contributed by atoms with van der Waals surface area (Å²) in [7, 11) is 0. The molecular weight excluding hydrogens is 228 g/mol. The maximum absolute atomic E-state index is 9.48. The van der Waals surface area contributed by atoms with Crippen molar-refractivity contribution in [2.45, 2.75) is 50.6 Å². The molecule has 4 heteroatoms. The van der Waals surface area contributed by atoms with Crippen LogP contribution in [0.1, 0.15) is 39.0 Å². The van der Waals surface area contributed by atoms with Gasteiger partial charge in [0.05, 0.1) is 25.9 Å². The molecule has 0 aromatic heterocycles. The molecule has 0 amide bonds. The first kappa shape index (κ1) is 13.8. The van der Waals surface area contributed by atoms with Gasteiger partial charge in [-0.25, -0.2) is 0 Å². The van der Waals surface area contributed by atoms with Crippen LogP contribution in [0, 0.1) is 17.2 Å². The van der Waals surface area contributed by atoms with Crippen LogP contribution < -0.4 is 5.32 Å². The molecule has 0 spiro atoms. The molecule has 0 aromatic carbocycles. The maximum atomic E-state index is 9.48. The molecule has 0 aliphatic heterocycles. The zero-order chi connectivity index (χ0) is 12.8. The molecule has 0 aromatic rings. The lowest BCUT2D eigenvalue weighted by molar-refractivity contribution is 0.0254. The van der Waals surface area contributed by atoms with Crippen molar-refractivity contribution in [3.05, 3.63) is 0 Å². The Morgan fingerprint density at radius 1 is 1.17 bits per heavy atom. The molecule has 2 aliphatic rings. The van der Waals surface area contributed by atoms with Crippen molar-refractivity contribution >= 4 is 0 Å². The number of nitriles is 1. The Morgan fingerprint density at radius 2 is 1.89 bits per heavy atom. The second-order valence-electron chi connectivity index (χ2n) is 5.44. The van der Waals surface area contributed by atoms with E-state index in [9.17, 15) is 5.26 Å². The Bertz CT molecular complexity index is 295. The zero-order valence-electron chi connectivity index (χ0n) is 11.3. The average Bonchev–Trinajstić information content (AvgIpc) is 3.25. The van der Waals surface area contributed by atoms with E-state index in [2.05, 4.69) is 18.3 Å². The lowest BCUT2D eigenvalue weighted by Crippen LogP contribution is -2.51. The van der Waals surface area contributed by atoms with E-state index in [0.29, 0.717) is 31.8 Å². The molecule has 1 unspecified atom stereocenters. The number of rotatable bonds is 10. The fourth-order valence-electron chi connectivity index (χ4n) is 2.20. The third kappa shape index (κ3) is 3.94. The van der Waals surface area contributed by atoms with Crippen molar-refractivity contribution in [2.75, 3.05) is 26.4 Å². The van der Waals surface area contributed by atoms with Crippen LogP contribution in [0.25, 0.3) is 0 Å².